The van der Waals surface area contributed by atoms with Gasteiger partial charge in [-0.2, -0.15) is 5.10 Å². The molecule has 0 fully saturated rings. The zero-order chi connectivity index (χ0) is 15.7. The number of pyridine rings is 1. The smallest absolute Gasteiger partial charge is 0.274 e. The molecule has 0 N–H and O–H groups in total. The molecular formula is C16H19N5O. The third kappa shape index (κ3) is 2.59. The van der Waals surface area contributed by atoms with Crippen molar-refractivity contribution in [3.63, 3.8) is 0 Å². The molecule has 0 aliphatic carbocycles. The molecule has 0 unspecified atom stereocenters. The molecule has 6 nitrogen and oxygen atoms in total. The van der Waals surface area contributed by atoms with E-state index in [1.807, 2.05) is 53.5 Å². The second-order valence-electron chi connectivity index (χ2n) is 5.35. The maximum Gasteiger partial charge on any atom is 0.274 e. The van der Waals surface area contributed by atoms with Crippen LogP contribution in [0.15, 0.2) is 36.8 Å². The Labute approximate surface area is 129 Å². The fourth-order valence-corrected chi connectivity index (χ4v) is 2.44. The molecule has 0 radical (unpaired) electrons. The Morgan fingerprint density at radius 1 is 1.32 bits per heavy atom. The first-order valence-corrected chi connectivity index (χ1v) is 7.30. The SMILES string of the molecule is CCn1cc(CN(C)C(=O)c2cn3ccccc3n2)c(C)n1. The van der Waals surface area contributed by atoms with Gasteiger partial charge in [0.25, 0.3) is 5.91 Å². The topological polar surface area (TPSA) is 55.4 Å². The molecule has 114 valence electrons. The molecule has 3 aromatic heterocycles. The Morgan fingerprint density at radius 2 is 2.14 bits per heavy atom. The lowest BCUT2D eigenvalue weighted by atomic mass is 10.2. The van der Waals surface area contributed by atoms with Gasteiger partial charge in [-0.15, -0.1) is 0 Å². The van der Waals surface area contributed by atoms with Crippen LogP contribution in [0.1, 0.15) is 28.7 Å². The second kappa shape index (κ2) is 5.63. The lowest BCUT2D eigenvalue weighted by Crippen LogP contribution is -2.26. The maximum atomic E-state index is 12.5. The predicted octanol–water partition coefficient (Wildman–Crippen LogP) is 2.13. The highest BCUT2D eigenvalue weighted by Gasteiger charge is 2.17. The summed E-state index contributed by atoms with van der Waals surface area (Å²) >= 11 is 0. The molecule has 3 aromatic rings. The van der Waals surface area contributed by atoms with E-state index in [0.29, 0.717) is 12.2 Å². The largest absolute Gasteiger partial charge is 0.336 e. The molecule has 0 aliphatic rings. The van der Waals surface area contributed by atoms with E-state index < -0.39 is 0 Å². The second-order valence-corrected chi connectivity index (χ2v) is 5.35. The summed E-state index contributed by atoms with van der Waals surface area (Å²) in [5.41, 5.74) is 3.24. The van der Waals surface area contributed by atoms with Gasteiger partial charge in [-0.25, -0.2) is 4.98 Å². The van der Waals surface area contributed by atoms with Crippen molar-refractivity contribution >= 4 is 11.6 Å². The fourth-order valence-electron chi connectivity index (χ4n) is 2.44. The van der Waals surface area contributed by atoms with Crippen molar-refractivity contribution in [3.05, 3.63) is 53.7 Å². The molecule has 0 atom stereocenters. The van der Waals surface area contributed by atoms with E-state index in [1.54, 1.807) is 18.1 Å². The number of imidazole rings is 1. The van der Waals surface area contributed by atoms with Crippen LogP contribution in [0.2, 0.25) is 0 Å². The lowest BCUT2D eigenvalue weighted by Gasteiger charge is -2.15. The Balaban J connectivity index is 1.80. The van der Waals surface area contributed by atoms with Gasteiger partial charge in [-0.1, -0.05) is 6.07 Å². The number of carbonyl (C=O) groups excluding carboxylic acids is 1. The minimum atomic E-state index is -0.0904. The Kier molecular flexibility index (Phi) is 3.66. The van der Waals surface area contributed by atoms with Gasteiger partial charge < -0.3 is 9.30 Å². The molecule has 0 bridgehead atoms. The van der Waals surface area contributed by atoms with Crippen LogP contribution < -0.4 is 0 Å². The van der Waals surface area contributed by atoms with Crippen molar-refractivity contribution in [3.8, 4) is 0 Å². The normalized spacial score (nSPS) is 11.0. The lowest BCUT2D eigenvalue weighted by molar-refractivity contribution is 0.0780. The summed E-state index contributed by atoms with van der Waals surface area (Å²) < 4.78 is 3.73. The van der Waals surface area contributed by atoms with Gasteiger partial charge in [-0.05, 0) is 26.0 Å². The van der Waals surface area contributed by atoms with Crippen LogP contribution in [0.25, 0.3) is 5.65 Å². The maximum absolute atomic E-state index is 12.5. The molecule has 0 spiro atoms. The average molecular weight is 297 g/mol. The molecule has 22 heavy (non-hydrogen) atoms. The quantitative estimate of drug-likeness (QED) is 0.741. The predicted molar refractivity (Wildman–Crippen MR) is 83.6 cm³/mol. The number of hydrogen-bond donors (Lipinski definition) is 0. The van der Waals surface area contributed by atoms with Crippen molar-refractivity contribution in [1.82, 2.24) is 24.1 Å². The van der Waals surface area contributed by atoms with Crippen LogP contribution in [0, 0.1) is 6.92 Å². The van der Waals surface area contributed by atoms with E-state index in [1.165, 1.54) is 0 Å². The van der Waals surface area contributed by atoms with E-state index in [-0.39, 0.29) is 5.91 Å². The zero-order valence-corrected chi connectivity index (χ0v) is 13.0. The van der Waals surface area contributed by atoms with Crippen LogP contribution in [-0.2, 0) is 13.1 Å². The number of amides is 1. The molecule has 0 saturated carbocycles. The first-order valence-electron chi connectivity index (χ1n) is 7.30. The van der Waals surface area contributed by atoms with Crippen LogP contribution in [0.5, 0.6) is 0 Å². The minimum Gasteiger partial charge on any atom is -0.336 e. The standard InChI is InChI=1S/C16H19N5O/c1-4-21-10-13(12(2)18-21)9-19(3)16(22)14-11-20-8-6-5-7-15(20)17-14/h5-8,10-11H,4,9H2,1-3H3. The van der Waals surface area contributed by atoms with Gasteiger partial charge in [-0.3, -0.25) is 9.48 Å². The minimum absolute atomic E-state index is 0.0904. The Morgan fingerprint density at radius 3 is 2.82 bits per heavy atom. The Bertz CT molecular complexity index is 784. The summed E-state index contributed by atoms with van der Waals surface area (Å²) in [6, 6.07) is 5.70. The van der Waals surface area contributed by atoms with Crippen LogP contribution in [0.3, 0.4) is 0 Å². The molecule has 0 aliphatic heterocycles. The number of aryl methyl sites for hydroxylation is 2. The summed E-state index contributed by atoms with van der Waals surface area (Å²) in [5.74, 6) is -0.0904. The van der Waals surface area contributed by atoms with Gasteiger partial charge in [0.2, 0.25) is 0 Å². The molecular weight excluding hydrogens is 278 g/mol. The molecule has 6 heteroatoms. The first kappa shape index (κ1) is 14.3. The van der Waals surface area contributed by atoms with Crippen molar-refractivity contribution in [2.45, 2.75) is 26.9 Å². The highest BCUT2D eigenvalue weighted by Crippen LogP contribution is 2.12. The van der Waals surface area contributed by atoms with Crippen LogP contribution in [0.4, 0.5) is 0 Å². The monoisotopic (exact) mass is 297 g/mol. The van der Waals surface area contributed by atoms with Gasteiger partial charge in [0.05, 0.1) is 5.69 Å². The van der Waals surface area contributed by atoms with Gasteiger partial charge in [0.1, 0.15) is 11.3 Å². The van der Waals surface area contributed by atoms with E-state index in [0.717, 1.165) is 23.4 Å². The summed E-state index contributed by atoms with van der Waals surface area (Å²) in [4.78, 5) is 18.6. The van der Waals surface area contributed by atoms with Crippen molar-refractivity contribution in [2.75, 3.05) is 7.05 Å². The Hall–Kier alpha value is -2.63. The summed E-state index contributed by atoms with van der Waals surface area (Å²) in [7, 11) is 1.79. The number of carbonyl (C=O) groups is 1. The fraction of sp³-hybridized carbons (Fsp3) is 0.312. The molecule has 0 saturated heterocycles. The van der Waals surface area contributed by atoms with E-state index in [9.17, 15) is 4.79 Å². The molecule has 1 amide bonds. The summed E-state index contributed by atoms with van der Waals surface area (Å²) in [5, 5.41) is 4.41. The van der Waals surface area contributed by atoms with Gasteiger partial charge in [0, 0.05) is 44.3 Å². The van der Waals surface area contributed by atoms with Gasteiger partial charge in [0.15, 0.2) is 0 Å². The number of nitrogens with zero attached hydrogens (tertiary/aromatic N) is 5. The van der Waals surface area contributed by atoms with E-state index in [2.05, 4.69) is 10.1 Å². The third-order valence-corrected chi connectivity index (χ3v) is 3.71. The molecule has 3 rings (SSSR count). The number of fused-ring (bicyclic) bond motifs is 1. The number of aromatic nitrogens is 4. The number of rotatable bonds is 4. The molecule has 0 aromatic carbocycles. The van der Waals surface area contributed by atoms with Crippen molar-refractivity contribution in [2.24, 2.45) is 0 Å². The third-order valence-electron chi connectivity index (χ3n) is 3.71. The van der Waals surface area contributed by atoms with Crippen LogP contribution in [-0.4, -0.2) is 37.0 Å². The summed E-state index contributed by atoms with van der Waals surface area (Å²) in [6.45, 7) is 5.36. The van der Waals surface area contributed by atoms with E-state index in [4.69, 9.17) is 0 Å². The average Bonchev–Trinajstić information content (AvgIpc) is 3.10. The first-order chi connectivity index (χ1) is 10.6. The summed E-state index contributed by atoms with van der Waals surface area (Å²) in [6.07, 6.45) is 5.63. The van der Waals surface area contributed by atoms with E-state index >= 15 is 0 Å². The zero-order valence-electron chi connectivity index (χ0n) is 13.0. The highest BCUT2D eigenvalue weighted by atomic mass is 16.2. The van der Waals surface area contributed by atoms with Crippen molar-refractivity contribution in [1.29, 1.82) is 0 Å². The van der Waals surface area contributed by atoms with Gasteiger partial charge >= 0.3 is 0 Å². The van der Waals surface area contributed by atoms with Crippen LogP contribution >= 0.6 is 0 Å². The van der Waals surface area contributed by atoms with Crippen molar-refractivity contribution < 1.29 is 4.79 Å². The molecule has 3 heterocycles. The highest BCUT2D eigenvalue weighted by molar-refractivity contribution is 5.92. The number of hydrogen-bond acceptors (Lipinski definition) is 3.